The average molecular weight is 272 g/mol. The van der Waals surface area contributed by atoms with Crippen molar-refractivity contribution < 1.29 is 4.21 Å². The second-order valence-electron chi connectivity index (χ2n) is 3.92. The maximum atomic E-state index is 11.5. The Kier molecular flexibility index (Phi) is 3.48. The summed E-state index contributed by atoms with van der Waals surface area (Å²) in [5.74, 6) is 1.31. The quantitative estimate of drug-likeness (QED) is 0.858. The van der Waals surface area contributed by atoms with E-state index in [1.807, 2.05) is 30.1 Å². The fourth-order valence-electron chi connectivity index (χ4n) is 1.92. The van der Waals surface area contributed by atoms with E-state index in [2.05, 4.69) is 10.1 Å². The lowest BCUT2D eigenvalue weighted by Gasteiger charge is -2.03. The van der Waals surface area contributed by atoms with Crippen molar-refractivity contribution in [1.29, 1.82) is 0 Å². The van der Waals surface area contributed by atoms with E-state index in [0.29, 0.717) is 22.8 Å². The minimum absolute atomic E-state index is 0.627. The number of nitrogens with zero attached hydrogens (tertiary/aromatic N) is 3. The van der Waals surface area contributed by atoms with Gasteiger partial charge in [0.25, 0.3) is 0 Å². The van der Waals surface area contributed by atoms with E-state index in [0.717, 1.165) is 16.9 Å². The first-order valence-corrected chi connectivity index (χ1v) is 7.41. The van der Waals surface area contributed by atoms with E-state index >= 15 is 0 Å². The molecule has 0 bridgehead atoms. The minimum atomic E-state index is -0.773. The Morgan fingerprint density at radius 3 is 2.88 bits per heavy atom. The number of fused-ring (bicyclic) bond motifs is 1. The van der Waals surface area contributed by atoms with Gasteiger partial charge in [0.2, 0.25) is 0 Å². The van der Waals surface area contributed by atoms with Crippen molar-refractivity contribution in [3.63, 3.8) is 0 Å². The van der Waals surface area contributed by atoms with Crippen LogP contribution in [0.5, 0.6) is 0 Å². The molecule has 2 heterocycles. The van der Waals surface area contributed by atoms with Gasteiger partial charge in [-0.05, 0) is 19.1 Å². The molecule has 0 radical (unpaired) electrons. The summed E-state index contributed by atoms with van der Waals surface area (Å²) < 4.78 is 15.9. The molecule has 17 heavy (non-hydrogen) atoms. The Balaban J connectivity index is 2.42. The van der Waals surface area contributed by atoms with Crippen molar-refractivity contribution in [3.8, 4) is 0 Å². The van der Waals surface area contributed by atoms with Crippen LogP contribution < -0.4 is 0 Å². The molecule has 2 rings (SSSR count). The van der Waals surface area contributed by atoms with Crippen molar-refractivity contribution >= 4 is 34.2 Å². The van der Waals surface area contributed by atoms with E-state index in [1.54, 1.807) is 0 Å². The van der Waals surface area contributed by atoms with E-state index in [4.69, 9.17) is 12.2 Å². The first-order valence-electron chi connectivity index (χ1n) is 5.51. The Morgan fingerprint density at radius 1 is 1.53 bits per heavy atom. The van der Waals surface area contributed by atoms with Crippen LogP contribution in [0.4, 0.5) is 0 Å². The van der Waals surface area contributed by atoms with E-state index < -0.39 is 10.8 Å². The van der Waals surface area contributed by atoms with Gasteiger partial charge in [-0.2, -0.15) is 5.10 Å². The fraction of sp³-hybridized carbons (Fsp3) is 0.600. The summed E-state index contributed by atoms with van der Waals surface area (Å²) in [6.07, 6.45) is 0. The fourth-order valence-corrected chi connectivity index (χ4v) is 2.87. The molecule has 0 aromatic carbocycles. The zero-order valence-electron chi connectivity index (χ0n) is 10.2. The van der Waals surface area contributed by atoms with Gasteiger partial charge in [0.15, 0.2) is 10.4 Å². The molecule has 1 unspecified atom stereocenters. The molecule has 0 aliphatic heterocycles. The third-order valence-electron chi connectivity index (χ3n) is 2.79. The molecule has 7 heteroatoms. The van der Waals surface area contributed by atoms with Gasteiger partial charge in [-0.1, -0.05) is 6.92 Å². The largest absolute Gasteiger partial charge is 0.328 e. The lowest BCUT2D eigenvalue weighted by atomic mass is 10.4. The van der Waals surface area contributed by atoms with Crippen LogP contribution >= 0.6 is 12.2 Å². The van der Waals surface area contributed by atoms with Crippen LogP contribution in [0.2, 0.25) is 0 Å². The molecular weight excluding hydrogens is 256 g/mol. The smallest absolute Gasteiger partial charge is 0.179 e. The third-order valence-corrected chi connectivity index (χ3v) is 4.39. The summed E-state index contributed by atoms with van der Waals surface area (Å²) >= 11 is 5.28. The van der Waals surface area contributed by atoms with Gasteiger partial charge in [-0.15, -0.1) is 0 Å². The zero-order valence-corrected chi connectivity index (χ0v) is 11.8. The van der Waals surface area contributed by atoms with Crippen LogP contribution in [-0.4, -0.2) is 35.0 Å². The maximum Gasteiger partial charge on any atom is 0.179 e. The van der Waals surface area contributed by atoms with Crippen molar-refractivity contribution in [2.24, 2.45) is 7.05 Å². The van der Waals surface area contributed by atoms with Crippen LogP contribution in [0.25, 0.3) is 11.2 Å². The summed E-state index contributed by atoms with van der Waals surface area (Å²) in [4.78, 5) is 3.15. The molecular formula is C10H16N4OS2. The Labute approximate surface area is 107 Å². The Hall–Kier alpha value is -0.950. The predicted molar refractivity (Wildman–Crippen MR) is 72.2 cm³/mol. The molecule has 0 fully saturated rings. The first-order chi connectivity index (χ1) is 8.04. The zero-order chi connectivity index (χ0) is 12.6. The van der Waals surface area contributed by atoms with E-state index in [-0.39, 0.29) is 0 Å². The number of aromatic nitrogens is 4. The lowest BCUT2D eigenvalue weighted by molar-refractivity contribution is 0.668. The van der Waals surface area contributed by atoms with E-state index in [9.17, 15) is 4.21 Å². The van der Waals surface area contributed by atoms with Gasteiger partial charge in [0, 0.05) is 35.9 Å². The van der Waals surface area contributed by atoms with Crippen LogP contribution in [-0.2, 0) is 24.4 Å². The van der Waals surface area contributed by atoms with Crippen molar-refractivity contribution in [1.82, 2.24) is 19.3 Å². The number of nitrogens with one attached hydrogen (secondary N) is 1. The maximum absolute atomic E-state index is 11.5. The summed E-state index contributed by atoms with van der Waals surface area (Å²) in [5, 5.41) is 4.34. The number of aromatic amines is 1. The highest BCUT2D eigenvalue weighted by molar-refractivity contribution is 7.84. The number of aryl methyl sites for hydroxylation is 3. The van der Waals surface area contributed by atoms with Crippen molar-refractivity contribution in [3.05, 3.63) is 10.5 Å². The minimum Gasteiger partial charge on any atom is -0.328 e. The molecule has 0 aliphatic carbocycles. The number of hydrogen-bond acceptors (Lipinski definition) is 3. The number of H-pyrrole nitrogens is 1. The lowest BCUT2D eigenvalue weighted by Crippen LogP contribution is -2.10. The third kappa shape index (κ3) is 2.21. The summed E-state index contributed by atoms with van der Waals surface area (Å²) in [5.41, 5.74) is 2.88. The highest BCUT2D eigenvalue weighted by Gasteiger charge is 2.12. The molecule has 2 aromatic rings. The molecule has 5 nitrogen and oxygen atoms in total. The highest BCUT2D eigenvalue weighted by atomic mass is 32.2. The molecule has 94 valence electrons. The van der Waals surface area contributed by atoms with E-state index in [1.165, 1.54) is 0 Å². The summed E-state index contributed by atoms with van der Waals surface area (Å²) in [7, 11) is 1.12. The normalized spacial score (nSPS) is 13.4. The number of hydrogen-bond donors (Lipinski definition) is 1. The van der Waals surface area contributed by atoms with Crippen LogP contribution in [0.3, 0.4) is 0 Å². The van der Waals surface area contributed by atoms with Gasteiger partial charge in [0.1, 0.15) is 5.52 Å². The Bertz CT molecular complexity index is 622. The standard InChI is InChI=1S/C10H16N4OS2/c1-4-17(15)6-5-14-9-8(11-10(14)16)7(2)12-13(9)3/h4-6H2,1-3H3,(H,11,16). The average Bonchev–Trinajstić information content (AvgIpc) is 2.75. The second-order valence-corrected chi connectivity index (χ2v) is 6.17. The number of rotatable bonds is 4. The number of imidazole rings is 1. The van der Waals surface area contributed by atoms with Crippen LogP contribution in [0.1, 0.15) is 12.6 Å². The summed E-state index contributed by atoms with van der Waals surface area (Å²) in [6, 6.07) is 0. The molecule has 1 atom stereocenters. The summed E-state index contributed by atoms with van der Waals surface area (Å²) in [6.45, 7) is 4.54. The Morgan fingerprint density at radius 2 is 2.24 bits per heavy atom. The molecule has 0 saturated heterocycles. The van der Waals surface area contributed by atoms with Crippen molar-refractivity contribution in [2.75, 3.05) is 11.5 Å². The molecule has 1 N–H and O–H groups in total. The predicted octanol–water partition coefficient (Wildman–Crippen LogP) is 1.51. The highest BCUT2D eigenvalue weighted by Crippen LogP contribution is 2.16. The van der Waals surface area contributed by atoms with Crippen LogP contribution in [0, 0.1) is 11.7 Å². The monoisotopic (exact) mass is 272 g/mol. The SMILES string of the molecule is CCS(=O)CCn1c(=S)[nH]c2c(C)nn(C)c21. The van der Waals surface area contributed by atoms with Gasteiger partial charge in [-0.3, -0.25) is 8.89 Å². The second kappa shape index (κ2) is 4.73. The molecule has 0 amide bonds. The molecule has 0 aliphatic rings. The van der Waals surface area contributed by atoms with Crippen molar-refractivity contribution in [2.45, 2.75) is 20.4 Å². The van der Waals surface area contributed by atoms with Crippen LogP contribution in [0.15, 0.2) is 0 Å². The topological polar surface area (TPSA) is 55.6 Å². The van der Waals surface area contributed by atoms with Gasteiger partial charge in [-0.25, -0.2) is 0 Å². The van der Waals surface area contributed by atoms with Gasteiger partial charge >= 0.3 is 0 Å². The van der Waals surface area contributed by atoms with Gasteiger partial charge < -0.3 is 9.55 Å². The molecule has 2 aromatic heterocycles. The molecule has 0 saturated carbocycles. The first kappa shape index (κ1) is 12.5. The molecule has 0 spiro atoms. The van der Waals surface area contributed by atoms with Gasteiger partial charge in [0.05, 0.1) is 5.69 Å².